The second kappa shape index (κ2) is 16.7. The summed E-state index contributed by atoms with van der Waals surface area (Å²) in [6.45, 7) is 5.05. The van der Waals surface area contributed by atoms with Gasteiger partial charge in [-0.15, -0.1) is 11.9 Å². The molecule has 1 aromatic heterocycles. The van der Waals surface area contributed by atoms with Crippen LogP contribution in [-0.2, 0) is 27.3 Å². The van der Waals surface area contributed by atoms with Gasteiger partial charge in [0.05, 0.1) is 12.9 Å². The van der Waals surface area contributed by atoms with Crippen molar-refractivity contribution in [2.45, 2.75) is 26.8 Å². The number of hydrogen-bond donors (Lipinski definition) is 0. The number of imidazole rings is 1. The molecule has 0 unspecified atom stereocenters. The molecule has 0 spiro atoms. The summed E-state index contributed by atoms with van der Waals surface area (Å²) in [7, 11) is 0. The molecule has 138 valence electrons. The van der Waals surface area contributed by atoms with Gasteiger partial charge in [-0.3, -0.25) is 6.08 Å². The van der Waals surface area contributed by atoms with Crippen LogP contribution in [0.3, 0.4) is 0 Å². The van der Waals surface area contributed by atoms with Crippen LogP contribution in [0.1, 0.15) is 19.4 Å². The molecule has 0 fully saturated rings. The van der Waals surface area contributed by atoms with Crippen molar-refractivity contribution in [2.75, 3.05) is 6.61 Å². The average molecular weight is 402 g/mol. The molecule has 0 aliphatic heterocycles. The zero-order valence-electron chi connectivity index (χ0n) is 16.7. The van der Waals surface area contributed by atoms with E-state index >= 15 is 0 Å². The first-order chi connectivity index (χ1) is 12.5. The molecule has 9 heteroatoms. The summed E-state index contributed by atoms with van der Waals surface area (Å²) < 4.78 is 7.59. The summed E-state index contributed by atoms with van der Waals surface area (Å²) in [4.78, 5) is 31.3. The summed E-state index contributed by atoms with van der Waals surface area (Å²) in [5, 5.41) is 11.1. The van der Waals surface area contributed by atoms with Gasteiger partial charge in [0.15, 0.2) is 0 Å². The quantitative estimate of drug-likeness (QED) is 0.249. The van der Waals surface area contributed by atoms with E-state index in [-0.39, 0.29) is 76.8 Å². The Morgan fingerprint density at radius 1 is 1.25 bits per heavy atom. The first-order valence-electron chi connectivity index (χ1n) is 7.96. The molecule has 2 aromatic rings. The van der Waals surface area contributed by atoms with Gasteiger partial charge in [0.2, 0.25) is 0 Å². The Balaban J connectivity index is 0. The number of ether oxygens (including phenoxy) is 1. The Labute approximate surface area is 208 Å². The van der Waals surface area contributed by atoms with Gasteiger partial charge in [-0.1, -0.05) is 26.0 Å². The van der Waals surface area contributed by atoms with Crippen molar-refractivity contribution >= 4 is 12.1 Å². The first-order valence-corrected chi connectivity index (χ1v) is 7.96. The van der Waals surface area contributed by atoms with Crippen molar-refractivity contribution in [2.24, 2.45) is 5.92 Å². The van der Waals surface area contributed by atoms with Crippen LogP contribution in [0, 0.1) is 12.0 Å². The minimum atomic E-state index is -1.17. The molecule has 0 N–H and O–H groups in total. The first kappa shape index (κ1) is 29.0. The summed E-state index contributed by atoms with van der Waals surface area (Å²) in [5.41, 5.74) is 1.08. The molecular weight excluding hydrogens is 382 g/mol. The normalized spacial score (nSPS) is 9.89. The van der Waals surface area contributed by atoms with E-state index in [0.717, 1.165) is 17.9 Å². The van der Waals surface area contributed by atoms with E-state index in [1.807, 2.05) is 48.9 Å². The number of carboxylic acids is 1. The van der Waals surface area contributed by atoms with Crippen molar-refractivity contribution in [3.05, 3.63) is 60.2 Å². The number of benzene rings is 1. The molecule has 28 heavy (non-hydrogen) atoms. The van der Waals surface area contributed by atoms with Crippen molar-refractivity contribution < 1.29 is 83.3 Å². The molecule has 1 aromatic carbocycles. The standard InChI is InChI=1S/C18H21N2O3.CO2.2Na/c1-14(2)11-16(18(21)22)12-15-3-5-17(6-4-15)23-10-9-20-8-7-19-13-20;2-1-3;;/h3-8,13-14H,9-10,12H2,1-2H3,(H,21,22);;;/q-1;;2*+1/p-1. The topological polar surface area (TPSA) is 101 Å². The fourth-order valence-electron chi connectivity index (χ4n) is 2.13. The molecule has 0 saturated carbocycles. The third-order valence-corrected chi connectivity index (χ3v) is 3.19. The van der Waals surface area contributed by atoms with E-state index in [9.17, 15) is 9.90 Å². The molecule has 0 atom stereocenters. The fraction of sp³-hybridized carbons (Fsp3) is 0.316. The van der Waals surface area contributed by atoms with Gasteiger partial charge in [0, 0.05) is 12.4 Å². The van der Waals surface area contributed by atoms with Crippen LogP contribution in [-0.4, -0.2) is 28.3 Å². The van der Waals surface area contributed by atoms with Crippen molar-refractivity contribution in [1.82, 2.24) is 9.55 Å². The monoisotopic (exact) mass is 402 g/mol. The number of aliphatic carboxylic acids is 1. The van der Waals surface area contributed by atoms with Gasteiger partial charge >= 0.3 is 65.3 Å². The van der Waals surface area contributed by atoms with Crippen LogP contribution < -0.4 is 69.0 Å². The smallest absolute Gasteiger partial charge is 0.658 e. The van der Waals surface area contributed by atoms with Crippen LogP contribution in [0.5, 0.6) is 5.75 Å². The van der Waals surface area contributed by atoms with E-state index in [2.05, 4.69) is 11.1 Å². The Bertz CT molecular complexity index is 738. The van der Waals surface area contributed by atoms with Gasteiger partial charge in [-0.2, -0.15) is 15.2 Å². The van der Waals surface area contributed by atoms with Gasteiger partial charge in [0.1, 0.15) is 12.4 Å². The molecule has 7 nitrogen and oxygen atoms in total. The number of nitrogens with zero attached hydrogens (tertiary/aromatic N) is 2. The van der Waals surface area contributed by atoms with E-state index in [1.54, 1.807) is 12.5 Å². The zero-order valence-corrected chi connectivity index (χ0v) is 20.7. The summed E-state index contributed by atoms with van der Waals surface area (Å²) in [6.07, 6.45) is 8.81. The SMILES string of the molecule is CC(C)[C-]=C(Cc1ccc(OCCn2ccnc2)cc1)C(=O)[O-].O=C=O.[Na+].[Na+]. The summed E-state index contributed by atoms with van der Waals surface area (Å²) in [5.74, 6) is -0.367. The fourth-order valence-corrected chi connectivity index (χ4v) is 2.13. The number of carboxylic acid groups (broad SMARTS) is 1. The molecule has 2 rings (SSSR count). The Morgan fingerprint density at radius 2 is 1.86 bits per heavy atom. The number of hydrogen-bond acceptors (Lipinski definition) is 6. The largest absolute Gasteiger partial charge is 1.00 e. The second-order valence-corrected chi connectivity index (χ2v) is 5.62. The molecule has 1 heterocycles. The predicted molar refractivity (Wildman–Crippen MR) is 89.5 cm³/mol. The molecule has 0 radical (unpaired) electrons. The minimum absolute atomic E-state index is 0. The van der Waals surface area contributed by atoms with Crippen molar-refractivity contribution in [3.63, 3.8) is 0 Å². The van der Waals surface area contributed by atoms with Crippen LogP contribution >= 0.6 is 0 Å². The number of aromatic nitrogens is 2. The van der Waals surface area contributed by atoms with Crippen LogP contribution in [0.2, 0.25) is 0 Å². The van der Waals surface area contributed by atoms with Gasteiger partial charge in [-0.05, 0) is 24.1 Å². The van der Waals surface area contributed by atoms with E-state index in [0.29, 0.717) is 13.0 Å². The Morgan fingerprint density at radius 3 is 2.32 bits per heavy atom. The Hall–Kier alpha value is -1.18. The van der Waals surface area contributed by atoms with Gasteiger partial charge < -0.3 is 19.2 Å². The number of rotatable bonds is 8. The van der Waals surface area contributed by atoms with Gasteiger partial charge in [-0.25, -0.2) is 4.98 Å². The maximum atomic E-state index is 11.1. The zero-order chi connectivity index (χ0) is 19.4. The second-order valence-electron chi connectivity index (χ2n) is 5.62. The maximum absolute atomic E-state index is 11.1. The summed E-state index contributed by atoms with van der Waals surface area (Å²) >= 11 is 0. The average Bonchev–Trinajstić information content (AvgIpc) is 3.09. The minimum Gasteiger partial charge on any atom is -0.658 e. The maximum Gasteiger partial charge on any atom is 1.00 e. The molecular formula is C19H20N2Na2O5. The third-order valence-electron chi connectivity index (χ3n) is 3.19. The van der Waals surface area contributed by atoms with Crippen molar-refractivity contribution in [1.29, 1.82) is 0 Å². The third kappa shape index (κ3) is 12.3. The molecule has 0 bridgehead atoms. The van der Waals surface area contributed by atoms with Crippen LogP contribution in [0.15, 0.2) is 48.6 Å². The molecule has 0 amide bonds. The van der Waals surface area contributed by atoms with Crippen molar-refractivity contribution in [3.8, 4) is 5.75 Å². The van der Waals surface area contributed by atoms with Crippen LogP contribution in [0.4, 0.5) is 0 Å². The number of carbonyl (C=O) groups excluding carboxylic acids is 3. The molecule has 0 aliphatic carbocycles. The molecule has 0 saturated heterocycles. The van der Waals surface area contributed by atoms with E-state index < -0.39 is 5.97 Å². The Kier molecular flexibility index (Phi) is 17.4. The van der Waals surface area contributed by atoms with E-state index in [4.69, 9.17) is 14.3 Å². The van der Waals surface area contributed by atoms with Crippen LogP contribution in [0.25, 0.3) is 0 Å². The number of allylic oxidation sites excluding steroid dienone is 1. The molecule has 0 aliphatic rings. The summed E-state index contributed by atoms with van der Waals surface area (Å²) in [6, 6.07) is 7.39. The predicted octanol–water partition coefficient (Wildman–Crippen LogP) is -4.94. The number of carbonyl (C=O) groups is 1. The van der Waals surface area contributed by atoms with E-state index in [1.165, 1.54) is 0 Å². The van der Waals surface area contributed by atoms with Gasteiger partial charge in [0.25, 0.3) is 0 Å².